The molecule has 0 fully saturated rings. The largest absolute Gasteiger partial charge is 0.382 e. The van der Waals surface area contributed by atoms with E-state index in [-0.39, 0.29) is 6.10 Å². The molecule has 0 heterocycles. The first-order chi connectivity index (χ1) is 5.31. The molecule has 0 bridgehead atoms. The summed E-state index contributed by atoms with van der Waals surface area (Å²) in [5, 5.41) is 1.06. The van der Waals surface area contributed by atoms with Crippen LogP contribution in [0.25, 0.3) is 0 Å². The molecule has 0 aliphatic rings. The van der Waals surface area contributed by atoms with Crippen LogP contribution in [0.5, 0.6) is 0 Å². The zero-order valence-electron chi connectivity index (χ0n) is 7.31. The van der Waals surface area contributed by atoms with E-state index in [1.807, 2.05) is 6.92 Å². The van der Waals surface area contributed by atoms with Crippen molar-refractivity contribution in [1.82, 2.24) is 0 Å². The Labute approximate surface area is 77.4 Å². The number of unbranched alkanes of at least 4 members (excludes halogenated alkanes) is 1. The van der Waals surface area contributed by atoms with Gasteiger partial charge in [0.25, 0.3) is 0 Å². The lowest BCUT2D eigenvalue weighted by molar-refractivity contribution is 0.00820. The van der Waals surface area contributed by atoms with Crippen LogP contribution < -0.4 is 0 Å². The zero-order valence-corrected chi connectivity index (χ0v) is 8.89. The summed E-state index contributed by atoms with van der Waals surface area (Å²) < 4.78 is 10.4. The Morgan fingerprint density at radius 1 is 1.36 bits per heavy atom. The number of hydrogen-bond acceptors (Lipinski definition) is 2. The van der Waals surface area contributed by atoms with Gasteiger partial charge in [-0.15, -0.1) is 0 Å². The van der Waals surface area contributed by atoms with Crippen molar-refractivity contribution >= 4 is 15.9 Å². The van der Waals surface area contributed by atoms with E-state index in [1.165, 1.54) is 6.42 Å². The Balaban J connectivity index is 2.97. The molecular weight excluding hydrogens is 208 g/mol. The fourth-order valence-corrected chi connectivity index (χ4v) is 1.16. The van der Waals surface area contributed by atoms with Crippen molar-refractivity contribution in [3.8, 4) is 0 Å². The Morgan fingerprint density at radius 3 is 2.64 bits per heavy atom. The second-order valence-corrected chi connectivity index (χ2v) is 3.33. The van der Waals surface area contributed by atoms with Gasteiger partial charge in [0.1, 0.15) is 0 Å². The summed E-state index contributed by atoms with van der Waals surface area (Å²) in [6.45, 7) is 3.56. The first-order valence-corrected chi connectivity index (χ1v) is 5.10. The predicted octanol–water partition coefficient (Wildman–Crippen LogP) is 2.21. The Kier molecular flexibility index (Phi) is 8.81. The molecule has 0 aromatic heterocycles. The lowest BCUT2D eigenvalue weighted by atomic mass is 10.3. The van der Waals surface area contributed by atoms with Gasteiger partial charge in [-0.1, -0.05) is 15.9 Å². The van der Waals surface area contributed by atoms with Gasteiger partial charge in [-0.2, -0.15) is 0 Å². The predicted molar refractivity (Wildman–Crippen MR) is 50.3 cm³/mol. The van der Waals surface area contributed by atoms with Gasteiger partial charge < -0.3 is 9.47 Å². The van der Waals surface area contributed by atoms with Crippen LogP contribution in [0.2, 0.25) is 0 Å². The SMILES string of the molecule is COC[C@H](C)OCCCCBr. The fourth-order valence-electron chi connectivity index (χ4n) is 0.764. The van der Waals surface area contributed by atoms with E-state index in [0.717, 1.165) is 18.4 Å². The molecule has 0 amide bonds. The third-order valence-corrected chi connectivity index (χ3v) is 1.89. The van der Waals surface area contributed by atoms with E-state index in [0.29, 0.717) is 6.61 Å². The average Bonchev–Trinajstić information content (AvgIpc) is 1.99. The lowest BCUT2D eigenvalue weighted by Gasteiger charge is -2.10. The van der Waals surface area contributed by atoms with Crippen LogP contribution in [-0.2, 0) is 9.47 Å². The van der Waals surface area contributed by atoms with Gasteiger partial charge in [-0.25, -0.2) is 0 Å². The van der Waals surface area contributed by atoms with Crippen LogP contribution in [0, 0.1) is 0 Å². The minimum absolute atomic E-state index is 0.232. The van der Waals surface area contributed by atoms with Crippen molar-refractivity contribution < 1.29 is 9.47 Å². The van der Waals surface area contributed by atoms with Gasteiger partial charge in [0.15, 0.2) is 0 Å². The lowest BCUT2D eigenvalue weighted by Crippen LogP contribution is -2.15. The highest BCUT2D eigenvalue weighted by atomic mass is 79.9. The molecule has 0 radical (unpaired) electrons. The minimum atomic E-state index is 0.232. The topological polar surface area (TPSA) is 18.5 Å². The smallest absolute Gasteiger partial charge is 0.0780 e. The molecule has 0 N–H and O–H groups in total. The van der Waals surface area contributed by atoms with E-state index in [2.05, 4.69) is 15.9 Å². The number of alkyl halides is 1. The van der Waals surface area contributed by atoms with Crippen molar-refractivity contribution in [1.29, 1.82) is 0 Å². The highest BCUT2D eigenvalue weighted by molar-refractivity contribution is 9.09. The van der Waals surface area contributed by atoms with E-state index < -0.39 is 0 Å². The molecule has 0 aromatic rings. The van der Waals surface area contributed by atoms with Crippen molar-refractivity contribution in [2.24, 2.45) is 0 Å². The summed E-state index contributed by atoms with van der Waals surface area (Å²) in [5.74, 6) is 0. The number of halogens is 1. The normalized spacial score (nSPS) is 13.4. The molecule has 0 aliphatic carbocycles. The summed E-state index contributed by atoms with van der Waals surface area (Å²) >= 11 is 3.37. The van der Waals surface area contributed by atoms with Gasteiger partial charge in [-0.3, -0.25) is 0 Å². The Hall–Kier alpha value is 0.400. The van der Waals surface area contributed by atoms with E-state index in [1.54, 1.807) is 7.11 Å². The van der Waals surface area contributed by atoms with Gasteiger partial charge in [0.2, 0.25) is 0 Å². The molecule has 0 aliphatic heterocycles. The molecule has 0 unspecified atom stereocenters. The first kappa shape index (κ1) is 11.4. The third kappa shape index (κ3) is 8.30. The molecule has 0 saturated heterocycles. The highest BCUT2D eigenvalue weighted by Gasteiger charge is 1.99. The van der Waals surface area contributed by atoms with E-state index in [4.69, 9.17) is 9.47 Å². The molecule has 2 nitrogen and oxygen atoms in total. The van der Waals surface area contributed by atoms with Gasteiger partial charge >= 0.3 is 0 Å². The zero-order chi connectivity index (χ0) is 8.53. The molecular formula is C8H17BrO2. The number of methoxy groups -OCH3 is 1. The molecule has 0 rings (SSSR count). The van der Waals surface area contributed by atoms with Crippen molar-refractivity contribution in [3.05, 3.63) is 0 Å². The Morgan fingerprint density at radius 2 is 2.09 bits per heavy atom. The van der Waals surface area contributed by atoms with Crippen LogP contribution in [0.15, 0.2) is 0 Å². The second kappa shape index (κ2) is 8.50. The average molecular weight is 225 g/mol. The van der Waals surface area contributed by atoms with Crippen molar-refractivity contribution in [2.45, 2.75) is 25.9 Å². The van der Waals surface area contributed by atoms with Crippen molar-refractivity contribution in [2.75, 3.05) is 25.7 Å². The minimum Gasteiger partial charge on any atom is -0.382 e. The van der Waals surface area contributed by atoms with Crippen LogP contribution in [0.1, 0.15) is 19.8 Å². The van der Waals surface area contributed by atoms with Crippen LogP contribution in [0.4, 0.5) is 0 Å². The summed E-state index contributed by atoms with van der Waals surface area (Å²) in [6, 6.07) is 0. The highest BCUT2D eigenvalue weighted by Crippen LogP contribution is 1.97. The molecule has 11 heavy (non-hydrogen) atoms. The molecule has 1 atom stereocenters. The van der Waals surface area contributed by atoms with Gasteiger partial charge in [0, 0.05) is 19.0 Å². The van der Waals surface area contributed by atoms with Crippen LogP contribution in [-0.4, -0.2) is 31.8 Å². The molecule has 0 saturated carbocycles. The Bertz CT molecular complexity index is 78.5. The van der Waals surface area contributed by atoms with E-state index >= 15 is 0 Å². The summed E-state index contributed by atoms with van der Waals surface area (Å²) in [7, 11) is 1.69. The quantitative estimate of drug-likeness (QED) is 0.488. The van der Waals surface area contributed by atoms with Gasteiger partial charge in [0.05, 0.1) is 12.7 Å². The standard InChI is InChI=1S/C8H17BrO2/c1-8(7-10-2)11-6-4-3-5-9/h8H,3-7H2,1-2H3/t8-/m0/s1. The molecule has 0 aromatic carbocycles. The third-order valence-electron chi connectivity index (χ3n) is 1.33. The number of hydrogen-bond donors (Lipinski definition) is 0. The first-order valence-electron chi connectivity index (χ1n) is 3.97. The summed E-state index contributed by atoms with van der Waals surface area (Å²) in [4.78, 5) is 0. The maximum Gasteiger partial charge on any atom is 0.0780 e. The maximum atomic E-state index is 5.44. The van der Waals surface area contributed by atoms with E-state index in [9.17, 15) is 0 Å². The van der Waals surface area contributed by atoms with Gasteiger partial charge in [-0.05, 0) is 19.8 Å². The fraction of sp³-hybridized carbons (Fsp3) is 1.00. The number of ether oxygens (including phenoxy) is 2. The number of rotatable bonds is 7. The van der Waals surface area contributed by atoms with Crippen LogP contribution >= 0.6 is 15.9 Å². The van der Waals surface area contributed by atoms with Crippen molar-refractivity contribution in [3.63, 3.8) is 0 Å². The molecule has 3 heteroatoms. The second-order valence-electron chi connectivity index (χ2n) is 2.53. The molecule has 68 valence electrons. The summed E-state index contributed by atoms with van der Waals surface area (Å²) in [6.07, 6.45) is 2.54. The summed E-state index contributed by atoms with van der Waals surface area (Å²) in [5.41, 5.74) is 0. The van der Waals surface area contributed by atoms with Crippen LogP contribution in [0.3, 0.4) is 0 Å². The molecule has 0 spiro atoms. The maximum absolute atomic E-state index is 5.44. The monoisotopic (exact) mass is 224 g/mol.